The summed E-state index contributed by atoms with van der Waals surface area (Å²) in [7, 11) is -3.09. The lowest BCUT2D eigenvalue weighted by atomic mass is 9.95. The largest absolute Gasteiger partial charge is 0.310 e. The SMILES string of the molecule is C[C@H]1CN(S(C)(=O)=O)CC[C@@H]1NCc1cccc(C#N)c1. The second-order valence-electron chi connectivity index (χ2n) is 5.69. The average Bonchev–Trinajstić information content (AvgIpc) is 2.45. The van der Waals surface area contributed by atoms with E-state index >= 15 is 0 Å². The van der Waals surface area contributed by atoms with Gasteiger partial charge in [-0.1, -0.05) is 19.1 Å². The van der Waals surface area contributed by atoms with Crippen LogP contribution >= 0.6 is 0 Å². The molecular weight excluding hydrogens is 286 g/mol. The molecule has 1 aliphatic heterocycles. The number of hydrogen-bond acceptors (Lipinski definition) is 4. The van der Waals surface area contributed by atoms with Gasteiger partial charge < -0.3 is 5.32 Å². The monoisotopic (exact) mass is 307 g/mol. The number of rotatable bonds is 4. The van der Waals surface area contributed by atoms with Crippen LogP contribution in [0.1, 0.15) is 24.5 Å². The van der Waals surface area contributed by atoms with E-state index in [1.165, 1.54) is 6.26 Å². The molecule has 21 heavy (non-hydrogen) atoms. The normalized spacial score (nSPS) is 23.7. The Kier molecular flexibility index (Phi) is 4.99. The molecule has 1 aliphatic rings. The van der Waals surface area contributed by atoms with E-state index in [2.05, 4.69) is 18.3 Å². The van der Waals surface area contributed by atoms with Gasteiger partial charge in [0.25, 0.3) is 0 Å². The number of piperidine rings is 1. The van der Waals surface area contributed by atoms with Crippen LogP contribution < -0.4 is 5.32 Å². The van der Waals surface area contributed by atoms with Crippen molar-refractivity contribution in [3.05, 3.63) is 35.4 Å². The van der Waals surface area contributed by atoms with Crippen molar-refractivity contribution >= 4 is 10.0 Å². The van der Waals surface area contributed by atoms with Gasteiger partial charge in [0.15, 0.2) is 0 Å². The average molecular weight is 307 g/mol. The summed E-state index contributed by atoms with van der Waals surface area (Å²) in [5.41, 5.74) is 1.74. The van der Waals surface area contributed by atoms with Crippen LogP contribution in [0.4, 0.5) is 0 Å². The van der Waals surface area contributed by atoms with Crippen LogP contribution in [0.2, 0.25) is 0 Å². The number of nitriles is 1. The Bertz CT molecular complexity index is 637. The van der Waals surface area contributed by atoms with Gasteiger partial charge in [0.2, 0.25) is 10.0 Å². The molecule has 1 fully saturated rings. The molecule has 114 valence electrons. The highest BCUT2D eigenvalue weighted by Gasteiger charge is 2.29. The fourth-order valence-corrected chi connectivity index (χ4v) is 3.65. The maximum Gasteiger partial charge on any atom is 0.211 e. The quantitative estimate of drug-likeness (QED) is 0.910. The van der Waals surface area contributed by atoms with E-state index in [1.807, 2.05) is 18.2 Å². The first-order valence-corrected chi connectivity index (χ1v) is 8.92. The third kappa shape index (κ3) is 4.27. The molecule has 2 rings (SSSR count). The van der Waals surface area contributed by atoms with E-state index in [0.717, 1.165) is 12.0 Å². The number of sulfonamides is 1. The molecular formula is C15H21N3O2S. The molecule has 0 saturated carbocycles. The lowest BCUT2D eigenvalue weighted by molar-refractivity contribution is 0.220. The van der Waals surface area contributed by atoms with Crippen LogP contribution in [0.3, 0.4) is 0 Å². The summed E-state index contributed by atoms with van der Waals surface area (Å²) < 4.78 is 24.7. The van der Waals surface area contributed by atoms with Crippen molar-refractivity contribution in [3.63, 3.8) is 0 Å². The molecule has 1 N–H and O–H groups in total. The molecule has 2 atom stereocenters. The lowest BCUT2D eigenvalue weighted by Crippen LogP contribution is -2.49. The Morgan fingerprint density at radius 3 is 2.86 bits per heavy atom. The van der Waals surface area contributed by atoms with Crippen molar-refractivity contribution in [2.75, 3.05) is 19.3 Å². The molecule has 0 amide bonds. The third-order valence-corrected chi connectivity index (χ3v) is 5.23. The van der Waals surface area contributed by atoms with Gasteiger partial charge in [-0.15, -0.1) is 0 Å². The van der Waals surface area contributed by atoms with E-state index < -0.39 is 10.0 Å². The number of nitrogens with zero attached hydrogens (tertiary/aromatic N) is 2. The van der Waals surface area contributed by atoms with Crippen LogP contribution in [-0.2, 0) is 16.6 Å². The minimum absolute atomic E-state index is 0.271. The van der Waals surface area contributed by atoms with Gasteiger partial charge in [-0.05, 0) is 30.0 Å². The van der Waals surface area contributed by atoms with Crippen molar-refractivity contribution in [1.82, 2.24) is 9.62 Å². The Balaban J connectivity index is 1.91. The molecule has 1 heterocycles. The predicted octanol–water partition coefficient (Wildman–Crippen LogP) is 1.32. The highest BCUT2D eigenvalue weighted by molar-refractivity contribution is 7.88. The molecule has 1 aromatic carbocycles. The highest BCUT2D eigenvalue weighted by Crippen LogP contribution is 2.19. The number of hydrogen-bond donors (Lipinski definition) is 1. The second-order valence-corrected chi connectivity index (χ2v) is 7.67. The summed E-state index contributed by atoms with van der Waals surface area (Å²) >= 11 is 0. The first-order valence-electron chi connectivity index (χ1n) is 7.07. The minimum Gasteiger partial charge on any atom is -0.310 e. The van der Waals surface area contributed by atoms with Crippen LogP contribution in [0, 0.1) is 17.2 Å². The van der Waals surface area contributed by atoms with Gasteiger partial charge >= 0.3 is 0 Å². The van der Waals surface area contributed by atoms with Crippen molar-refractivity contribution in [2.24, 2.45) is 5.92 Å². The predicted molar refractivity (Wildman–Crippen MR) is 82.0 cm³/mol. The van der Waals surface area contributed by atoms with Crippen LogP contribution in [0.25, 0.3) is 0 Å². The minimum atomic E-state index is -3.09. The fraction of sp³-hybridized carbons (Fsp3) is 0.533. The molecule has 0 bridgehead atoms. The molecule has 0 unspecified atom stereocenters. The van der Waals surface area contributed by atoms with Gasteiger partial charge in [0, 0.05) is 25.7 Å². The van der Waals surface area contributed by atoms with Crippen molar-refractivity contribution in [2.45, 2.75) is 25.9 Å². The Morgan fingerprint density at radius 1 is 1.48 bits per heavy atom. The highest BCUT2D eigenvalue weighted by atomic mass is 32.2. The molecule has 0 spiro atoms. The standard InChI is InChI=1S/C15H21N3O2S/c1-12-11-18(21(2,19)20)7-6-15(12)17-10-14-5-3-4-13(8-14)9-16/h3-5,8,12,15,17H,6-7,10-11H2,1-2H3/t12-,15-/m0/s1. The van der Waals surface area contributed by atoms with E-state index in [9.17, 15) is 8.42 Å². The molecule has 0 radical (unpaired) electrons. The second kappa shape index (κ2) is 6.56. The van der Waals surface area contributed by atoms with E-state index in [-0.39, 0.29) is 5.92 Å². The smallest absolute Gasteiger partial charge is 0.211 e. The van der Waals surface area contributed by atoms with E-state index in [4.69, 9.17) is 5.26 Å². The first kappa shape index (κ1) is 16.0. The molecule has 1 saturated heterocycles. The Hall–Kier alpha value is -1.42. The first-order chi connectivity index (χ1) is 9.90. The topological polar surface area (TPSA) is 73.2 Å². The van der Waals surface area contributed by atoms with Gasteiger partial charge in [-0.25, -0.2) is 12.7 Å². The van der Waals surface area contributed by atoms with Gasteiger partial charge in [0.05, 0.1) is 17.9 Å². The zero-order valence-electron chi connectivity index (χ0n) is 12.4. The third-order valence-electron chi connectivity index (χ3n) is 3.96. The summed E-state index contributed by atoms with van der Waals surface area (Å²) in [5, 5.41) is 12.4. The number of nitrogens with one attached hydrogen (secondary N) is 1. The van der Waals surface area contributed by atoms with Crippen molar-refractivity contribution < 1.29 is 8.42 Å². The van der Waals surface area contributed by atoms with E-state index in [1.54, 1.807) is 10.4 Å². The lowest BCUT2D eigenvalue weighted by Gasteiger charge is -2.36. The number of benzene rings is 1. The summed E-state index contributed by atoms with van der Waals surface area (Å²) in [6.45, 7) is 3.90. The fourth-order valence-electron chi connectivity index (χ4n) is 2.71. The van der Waals surface area contributed by atoms with Crippen molar-refractivity contribution in [3.8, 4) is 6.07 Å². The maximum absolute atomic E-state index is 11.6. The molecule has 1 aromatic rings. The summed E-state index contributed by atoms with van der Waals surface area (Å²) in [6, 6.07) is 9.97. The van der Waals surface area contributed by atoms with E-state index in [0.29, 0.717) is 31.2 Å². The Morgan fingerprint density at radius 2 is 2.24 bits per heavy atom. The molecule has 0 aliphatic carbocycles. The van der Waals surface area contributed by atoms with Crippen molar-refractivity contribution in [1.29, 1.82) is 5.26 Å². The zero-order chi connectivity index (χ0) is 15.5. The van der Waals surface area contributed by atoms with Crippen LogP contribution in [0.5, 0.6) is 0 Å². The van der Waals surface area contributed by atoms with Gasteiger partial charge in [-0.3, -0.25) is 0 Å². The van der Waals surface area contributed by atoms with Gasteiger partial charge in [0.1, 0.15) is 0 Å². The van der Waals surface area contributed by atoms with Crippen LogP contribution in [-0.4, -0.2) is 38.1 Å². The molecule has 5 nitrogen and oxygen atoms in total. The summed E-state index contributed by atoms with van der Waals surface area (Å²) in [5.74, 6) is 0.271. The van der Waals surface area contributed by atoms with Crippen LogP contribution in [0.15, 0.2) is 24.3 Å². The Labute approximate surface area is 126 Å². The molecule has 0 aromatic heterocycles. The molecule has 6 heteroatoms. The zero-order valence-corrected chi connectivity index (χ0v) is 13.2. The van der Waals surface area contributed by atoms with Gasteiger partial charge in [-0.2, -0.15) is 5.26 Å². The summed E-state index contributed by atoms with van der Waals surface area (Å²) in [4.78, 5) is 0. The maximum atomic E-state index is 11.6. The summed E-state index contributed by atoms with van der Waals surface area (Å²) in [6.07, 6.45) is 2.08.